The number of nitrogens with zero attached hydrogens (tertiary/aromatic N) is 5. The molecule has 0 aliphatic rings. The molecule has 4 heterocycles. The first-order chi connectivity index (χ1) is 13.1. The Labute approximate surface area is 155 Å². The number of pyridine rings is 2. The molecule has 0 radical (unpaired) electrons. The molecule has 0 fully saturated rings. The van der Waals surface area contributed by atoms with Crippen LogP contribution in [0.15, 0.2) is 43.2 Å². The molecule has 4 aromatic rings. The zero-order chi connectivity index (χ0) is 19.0. The fourth-order valence-corrected chi connectivity index (χ4v) is 3.02. The lowest BCUT2D eigenvalue weighted by atomic mass is 10.1. The van der Waals surface area contributed by atoms with Crippen LogP contribution in [0.4, 0.5) is 0 Å². The van der Waals surface area contributed by atoms with Crippen LogP contribution in [0.3, 0.4) is 0 Å². The van der Waals surface area contributed by atoms with Gasteiger partial charge in [0, 0.05) is 18.0 Å². The molecule has 1 N–H and O–H groups in total. The summed E-state index contributed by atoms with van der Waals surface area (Å²) in [5.41, 5.74) is 3.70. The minimum absolute atomic E-state index is 0.0989. The second kappa shape index (κ2) is 6.56. The third-order valence-electron chi connectivity index (χ3n) is 4.30. The van der Waals surface area contributed by atoms with E-state index in [2.05, 4.69) is 19.9 Å². The van der Waals surface area contributed by atoms with Crippen LogP contribution in [0.25, 0.3) is 27.8 Å². The largest absolute Gasteiger partial charge is 0.494 e. The zero-order valence-corrected chi connectivity index (χ0v) is 15.0. The number of fused-ring (bicyclic) bond motifs is 1. The number of rotatable bonds is 4. The Hall–Kier alpha value is -3.68. The van der Waals surface area contributed by atoms with Crippen molar-refractivity contribution in [1.29, 1.82) is 0 Å². The summed E-state index contributed by atoms with van der Waals surface area (Å²) >= 11 is 0. The second-order valence-corrected chi connectivity index (χ2v) is 5.94. The van der Waals surface area contributed by atoms with E-state index in [0.29, 0.717) is 28.2 Å². The van der Waals surface area contributed by atoms with Gasteiger partial charge in [-0.2, -0.15) is 0 Å². The summed E-state index contributed by atoms with van der Waals surface area (Å²) in [5, 5.41) is 11.3. The van der Waals surface area contributed by atoms with E-state index < -0.39 is 0 Å². The van der Waals surface area contributed by atoms with Crippen LogP contribution in [0, 0.1) is 6.92 Å². The molecule has 4 aromatic heterocycles. The van der Waals surface area contributed by atoms with Crippen LogP contribution >= 0.6 is 0 Å². The quantitative estimate of drug-likeness (QED) is 0.595. The van der Waals surface area contributed by atoms with E-state index in [9.17, 15) is 5.11 Å². The normalized spacial score (nSPS) is 10.9. The van der Waals surface area contributed by atoms with Crippen LogP contribution in [0.5, 0.6) is 17.5 Å². The van der Waals surface area contributed by atoms with Gasteiger partial charge >= 0.3 is 0 Å². The fourth-order valence-electron chi connectivity index (χ4n) is 3.02. The van der Waals surface area contributed by atoms with Gasteiger partial charge < -0.3 is 14.6 Å². The van der Waals surface area contributed by atoms with E-state index in [4.69, 9.17) is 9.47 Å². The maximum absolute atomic E-state index is 10.7. The Bertz CT molecular complexity index is 1130. The molecule has 0 bridgehead atoms. The Morgan fingerprint density at radius 3 is 2.52 bits per heavy atom. The molecule has 8 nitrogen and oxygen atoms in total. The van der Waals surface area contributed by atoms with E-state index in [1.165, 1.54) is 13.4 Å². The van der Waals surface area contributed by atoms with E-state index in [1.54, 1.807) is 36.5 Å². The minimum atomic E-state index is 0.0989. The fraction of sp³-hybridized carbons (Fsp3) is 0.158. The van der Waals surface area contributed by atoms with Crippen molar-refractivity contribution in [2.45, 2.75) is 6.92 Å². The monoisotopic (exact) mass is 363 g/mol. The van der Waals surface area contributed by atoms with Crippen LogP contribution in [0.2, 0.25) is 0 Å². The zero-order valence-electron chi connectivity index (χ0n) is 15.0. The van der Waals surface area contributed by atoms with Crippen molar-refractivity contribution in [2.24, 2.45) is 0 Å². The molecule has 136 valence electrons. The van der Waals surface area contributed by atoms with Crippen molar-refractivity contribution in [3.8, 4) is 34.5 Å². The van der Waals surface area contributed by atoms with Crippen molar-refractivity contribution in [3.63, 3.8) is 0 Å². The Kier molecular flexibility index (Phi) is 4.08. The Balaban J connectivity index is 1.87. The number of ether oxygens (including phenoxy) is 2. The summed E-state index contributed by atoms with van der Waals surface area (Å²) in [6.07, 6.45) is 8.13. The number of aryl methyl sites for hydroxylation is 1. The highest BCUT2D eigenvalue weighted by molar-refractivity contribution is 5.90. The van der Waals surface area contributed by atoms with Crippen molar-refractivity contribution >= 4 is 10.9 Å². The Morgan fingerprint density at radius 2 is 1.81 bits per heavy atom. The van der Waals surface area contributed by atoms with Gasteiger partial charge in [0.05, 0.1) is 48.9 Å². The highest BCUT2D eigenvalue weighted by Crippen LogP contribution is 2.35. The average Bonchev–Trinajstić information content (AvgIpc) is 3.05. The van der Waals surface area contributed by atoms with Gasteiger partial charge in [0.25, 0.3) is 5.88 Å². The molecule has 0 saturated carbocycles. The van der Waals surface area contributed by atoms with Gasteiger partial charge in [0.15, 0.2) is 5.75 Å². The summed E-state index contributed by atoms with van der Waals surface area (Å²) in [4.78, 5) is 16.9. The van der Waals surface area contributed by atoms with Crippen LogP contribution in [0.1, 0.15) is 5.56 Å². The van der Waals surface area contributed by atoms with Gasteiger partial charge in [-0.05, 0) is 24.6 Å². The summed E-state index contributed by atoms with van der Waals surface area (Å²) in [7, 11) is 3.10. The first-order valence-corrected chi connectivity index (χ1v) is 8.17. The third-order valence-corrected chi connectivity index (χ3v) is 4.30. The van der Waals surface area contributed by atoms with Gasteiger partial charge in [0.1, 0.15) is 6.33 Å². The maximum Gasteiger partial charge on any atom is 0.256 e. The molecule has 0 amide bonds. The van der Waals surface area contributed by atoms with E-state index >= 15 is 0 Å². The highest BCUT2D eigenvalue weighted by Gasteiger charge is 2.16. The highest BCUT2D eigenvalue weighted by atomic mass is 16.5. The molecule has 0 saturated heterocycles. The SMILES string of the molecule is COc1cc(-c2cc(C)c3c(O)n(-c4cncnc4)cc3n2)cnc1OC. The second-order valence-electron chi connectivity index (χ2n) is 5.94. The summed E-state index contributed by atoms with van der Waals surface area (Å²) in [6, 6.07) is 3.72. The first-order valence-electron chi connectivity index (χ1n) is 8.17. The topological polar surface area (TPSA) is 95.2 Å². The standard InChI is InChI=1S/C19H17N5O3/c1-11-4-14(12-5-16(26-2)18(27-3)22-6-12)23-15-9-24(19(25)17(11)15)13-7-20-10-21-8-13/h4-10,25H,1-3H3. The van der Waals surface area contributed by atoms with Crippen LogP contribution < -0.4 is 9.47 Å². The van der Waals surface area contributed by atoms with E-state index in [-0.39, 0.29) is 5.88 Å². The third kappa shape index (κ3) is 2.80. The van der Waals surface area contributed by atoms with E-state index in [1.807, 2.05) is 19.1 Å². The molecule has 0 aromatic carbocycles. The summed E-state index contributed by atoms with van der Waals surface area (Å²) < 4.78 is 12.1. The maximum atomic E-state index is 10.7. The van der Waals surface area contributed by atoms with Gasteiger partial charge in [0.2, 0.25) is 5.88 Å². The van der Waals surface area contributed by atoms with Crippen LogP contribution in [-0.4, -0.2) is 43.8 Å². The van der Waals surface area contributed by atoms with Crippen molar-refractivity contribution < 1.29 is 14.6 Å². The molecule has 8 heteroatoms. The Morgan fingerprint density at radius 1 is 1.04 bits per heavy atom. The smallest absolute Gasteiger partial charge is 0.256 e. The number of hydrogen-bond donors (Lipinski definition) is 1. The molecule has 0 atom stereocenters. The number of hydrogen-bond acceptors (Lipinski definition) is 7. The summed E-state index contributed by atoms with van der Waals surface area (Å²) in [5.74, 6) is 1.03. The number of methoxy groups -OCH3 is 2. The van der Waals surface area contributed by atoms with Crippen molar-refractivity contribution in [2.75, 3.05) is 14.2 Å². The average molecular weight is 363 g/mol. The van der Waals surface area contributed by atoms with Crippen molar-refractivity contribution in [1.82, 2.24) is 24.5 Å². The van der Waals surface area contributed by atoms with Gasteiger partial charge in [-0.25, -0.2) is 19.9 Å². The lowest BCUT2D eigenvalue weighted by Gasteiger charge is -2.09. The van der Waals surface area contributed by atoms with Gasteiger partial charge in [-0.3, -0.25) is 4.57 Å². The van der Waals surface area contributed by atoms with Gasteiger partial charge in [-0.1, -0.05) is 0 Å². The predicted octanol–water partition coefficient (Wildman–Crippen LogP) is 2.91. The molecule has 0 spiro atoms. The molecular formula is C19H17N5O3. The number of aromatic hydroxyl groups is 1. The first kappa shape index (κ1) is 16.8. The molecule has 0 aliphatic carbocycles. The van der Waals surface area contributed by atoms with E-state index in [0.717, 1.165) is 16.8 Å². The lowest BCUT2D eigenvalue weighted by molar-refractivity contribution is 0.343. The predicted molar refractivity (Wildman–Crippen MR) is 99.4 cm³/mol. The number of aromatic nitrogens is 5. The molecular weight excluding hydrogens is 346 g/mol. The van der Waals surface area contributed by atoms with Gasteiger partial charge in [-0.15, -0.1) is 0 Å². The van der Waals surface area contributed by atoms with Crippen molar-refractivity contribution in [3.05, 3.63) is 48.8 Å². The molecule has 0 aliphatic heterocycles. The van der Waals surface area contributed by atoms with Crippen LogP contribution in [-0.2, 0) is 0 Å². The molecule has 27 heavy (non-hydrogen) atoms. The molecule has 4 rings (SSSR count). The summed E-state index contributed by atoms with van der Waals surface area (Å²) in [6.45, 7) is 1.92. The lowest BCUT2D eigenvalue weighted by Crippen LogP contribution is -1.95. The minimum Gasteiger partial charge on any atom is -0.494 e. The molecule has 0 unspecified atom stereocenters.